The van der Waals surface area contributed by atoms with E-state index in [-0.39, 0.29) is 18.4 Å². The largest absolute Gasteiger partial charge is 0.349 e. The van der Waals surface area contributed by atoms with Gasteiger partial charge in [-0.05, 0) is 48.6 Å². The molecule has 2 aromatic carbocycles. The minimum absolute atomic E-state index is 0.0386. The molecule has 1 N–H and O–H groups in total. The fraction of sp³-hybridized carbons (Fsp3) is 0.409. The Morgan fingerprint density at radius 3 is 2.52 bits per heavy atom. The first kappa shape index (κ1) is 20.4. The van der Waals surface area contributed by atoms with Gasteiger partial charge in [0.1, 0.15) is 0 Å². The Morgan fingerprint density at radius 1 is 1.03 bits per heavy atom. The Labute approximate surface area is 176 Å². The molecule has 0 saturated carbocycles. The topological polar surface area (TPSA) is 66.5 Å². The van der Waals surface area contributed by atoms with E-state index in [2.05, 4.69) is 17.4 Å². The minimum Gasteiger partial charge on any atom is -0.349 e. The van der Waals surface area contributed by atoms with Crippen LogP contribution in [0, 0.1) is 0 Å². The fourth-order valence-electron chi connectivity index (χ4n) is 3.96. The number of hydrogen-bond acceptors (Lipinski definition) is 4. The summed E-state index contributed by atoms with van der Waals surface area (Å²) >= 11 is 1.83. The number of rotatable bonds is 5. The minimum atomic E-state index is -3.43. The van der Waals surface area contributed by atoms with Gasteiger partial charge in [-0.1, -0.05) is 36.8 Å². The van der Waals surface area contributed by atoms with Crippen LogP contribution in [0.3, 0.4) is 0 Å². The predicted octanol–water partition coefficient (Wildman–Crippen LogP) is 3.76. The van der Waals surface area contributed by atoms with Crippen molar-refractivity contribution < 1.29 is 13.2 Å². The van der Waals surface area contributed by atoms with Gasteiger partial charge in [-0.25, -0.2) is 8.42 Å². The second-order valence-electron chi connectivity index (χ2n) is 7.58. The molecule has 29 heavy (non-hydrogen) atoms. The SMILES string of the molecule is O=C(Cc1ccc(S(=O)(=O)N2CCCCC2)cc1)N[C@@H]1CCSc2ccccc21. The molecule has 2 heterocycles. The van der Waals surface area contributed by atoms with Gasteiger partial charge in [0.2, 0.25) is 15.9 Å². The van der Waals surface area contributed by atoms with E-state index in [1.54, 1.807) is 28.6 Å². The van der Waals surface area contributed by atoms with Crippen LogP contribution < -0.4 is 5.32 Å². The van der Waals surface area contributed by atoms with Crippen LogP contribution in [-0.4, -0.2) is 37.5 Å². The van der Waals surface area contributed by atoms with Crippen LogP contribution in [0.2, 0.25) is 0 Å². The maximum absolute atomic E-state index is 12.7. The highest BCUT2D eigenvalue weighted by molar-refractivity contribution is 7.99. The van der Waals surface area contributed by atoms with E-state index in [9.17, 15) is 13.2 Å². The average molecular weight is 431 g/mol. The number of hydrogen-bond donors (Lipinski definition) is 1. The number of sulfonamides is 1. The molecule has 2 aliphatic rings. The summed E-state index contributed by atoms with van der Waals surface area (Å²) in [5.74, 6) is 0.953. The first-order valence-electron chi connectivity index (χ1n) is 10.1. The first-order valence-corrected chi connectivity index (χ1v) is 12.6. The van der Waals surface area contributed by atoms with E-state index in [0.717, 1.165) is 37.0 Å². The van der Waals surface area contributed by atoms with Crippen molar-refractivity contribution in [3.8, 4) is 0 Å². The molecule has 0 unspecified atom stereocenters. The molecular formula is C22H26N2O3S2. The summed E-state index contributed by atoms with van der Waals surface area (Å²) in [5.41, 5.74) is 2.00. The van der Waals surface area contributed by atoms with Crippen molar-refractivity contribution in [3.63, 3.8) is 0 Å². The summed E-state index contributed by atoms with van der Waals surface area (Å²) in [6.07, 6.45) is 4.08. The van der Waals surface area contributed by atoms with E-state index in [4.69, 9.17) is 0 Å². The molecule has 4 rings (SSSR count). The normalized spacial score (nSPS) is 20.1. The van der Waals surface area contributed by atoms with Gasteiger partial charge in [-0.15, -0.1) is 11.8 Å². The molecule has 2 aromatic rings. The van der Waals surface area contributed by atoms with Crippen molar-refractivity contribution in [3.05, 3.63) is 59.7 Å². The fourth-order valence-corrected chi connectivity index (χ4v) is 6.60. The smallest absolute Gasteiger partial charge is 0.243 e. The van der Waals surface area contributed by atoms with E-state index >= 15 is 0 Å². The highest BCUT2D eigenvalue weighted by Crippen LogP contribution is 2.35. The van der Waals surface area contributed by atoms with E-state index < -0.39 is 10.0 Å². The van der Waals surface area contributed by atoms with Crippen LogP contribution in [-0.2, 0) is 21.2 Å². The summed E-state index contributed by atoms with van der Waals surface area (Å²) < 4.78 is 27.1. The van der Waals surface area contributed by atoms with Gasteiger partial charge in [0.15, 0.2) is 0 Å². The second-order valence-corrected chi connectivity index (χ2v) is 10.7. The van der Waals surface area contributed by atoms with E-state index in [1.807, 2.05) is 23.9 Å². The first-order chi connectivity index (χ1) is 14.0. The third-order valence-electron chi connectivity index (χ3n) is 5.53. The molecule has 0 bridgehead atoms. The number of piperidine rings is 1. The monoisotopic (exact) mass is 430 g/mol. The zero-order valence-corrected chi connectivity index (χ0v) is 18.0. The summed E-state index contributed by atoms with van der Waals surface area (Å²) in [6, 6.07) is 15.0. The van der Waals surface area contributed by atoms with Crippen LogP contribution in [0.15, 0.2) is 58.3 Å². The Kier molecular flexibility index (Phi) is 6.27. The molecule has 1 atom stereocenters. The van der Waals surface area contributed by atoms with Crippen molar-refractivity contribution in [2.75, 3.05) is 18.8 Å². The molecule has 0 aliphatic carbocycles. The van der Waals surface area contributed by atoms with Crippen molar-refractivity contribution in [1.82, 2.24) is 9.62 Å². The van der Waals surface area contributed by atoms with Crippen LogP contribution in [0.1, 0.15) is 42.9 Å². The third-order valence-corrected chi connectivity index (χ3v) is 8.57. The molecule has 1 fully saturated rings. The summed E-state index contributed by atoms with van der Waals surface area (Å²) in [5, 5.41) is 3.14. The number of fused-ring (bicyclic) bond motifs is 1. The summed E-state index contributed by atoms with van der Waals surface area (Å²) in [7, 11) is -3.43. The Morgan fingerprint density at radius 2 is 1.76 bits per heavy atom. The second kappa shape index (κ2) is 8.90. The molecule has 0 aromatic heterocycles. The van der Waals surface area contributed by atoms with Crippen molar-refractivity contribution >= 4 is 27.7 Å². The summed E-state index contributed by atoms with van der Waals surface area (Å²) in [6.45, 7) is 1.18. The zero-order valence-electron chi connectivity index (χ0n) is 16.3. The van der Waals surface area contributed by atoms with Crippen molar-refractivity contribution in [2.45, 2.75) is 47.9 Å². The van der Waals surface area contributed by atoms with E-state index in [1.165, 1.54) is 10.5 Å². The molecule has 154 valence electrons. The molecular weight excluding hydrogens is 404 g/mol. The van der Waals surface area contributed by atoms with Gasteiger partial charge < -0.3 is 5.32 Å². The maximum atomic E-state index is 12.7. The van der Waals surface area contributed by atoms with Crippen LogP contribution in [0.25, 0.3) is 0 Å². The van der Waals surface area contributed by atoms with Crippen LogP contribution in [0.4, 0.5) is 0 Å². The standard InChI is InChI=1S/C22H26N2O3S2/c25-22(23-20-12-15-28-21-7-3-2-6-19(20)21)16-17-8-10-18(11-9-17)29(26,27)24-13-4-1-5-14-24/h2-3,6-11,20H,1,4-5,12-16H2,(H,23,25)/t20-/m1/s1. The number of nitrogens with one attached hydrogen (secondary N) is 1. The molecule has 1 amide bonds. The lowest BCUT2D eigenvalue weighted by Gasteiger charge is -2.26. The Bertz CT molecular complexity index is 968. The number of benzene rings is 2. The predicted molar refractivity (Wildman–Crippen MR) is 115 cm³/mol. The zero-order chi connectivity index (χ0) is 20.3. The molecule has 0 radical (unpaired) electrons. The highest BCUT2D eigenvalue weighted by Gasteiger charge is 2.26. The summed E-state index contributed by atoms with van der Waals surface area (Å²) in [4.78, 5) is 14.1. The van der Waals surface area contributed by atoms with Gasteiger partial charge in [-0.2, -0.15) is 4.31 Å². The number of carbonyl (C=O) groups is 1. The quantitative estimate of drug-likeness (QED) is 0.784. The van der Waals surface area contributed by atoms with Crippen LogP contribution >= 0.6 is 11.8 Å². The number of thioether (sulfide) groups is 1. The highest BCUT2D eigenvalue weighted by atomic mass is 32.2. The Hall–Kier alpha value is -1.83. The average Bonchev–Trinajstić information content (AvgIpc) is 2.75. The number of amides is 1. The lowest BCUT2D eigenvalue weighted by atomic mass is 10.0. The van der Waals surface area contributed by atoms with Gasteiger partial charge in [0.05, 0.1) is 17.4 Å². The molecule has 0 spiro atoms. The van der Waals surface area contributed by atoms with E-state index in [0.29, 0.717) is 18.0 Å². The molecule has 7 heteroatoms. The number of carbonyl (C=O) groups excluding carboxylic acids is 1. The van der Waals surface area contributed by atoms with Crippen molar-refractivity contribution in [2.24, 2.45) is 0 Å². The van der Waals surface area contributed by atoms with Crippen molar-refractivity contribution in [1.29, 1.82) is 0 Å². The number of nitrogens with zero attached hydrogens (tertiary/aromatic N) is 1. The molecule has 2 aliphatic heterocycles. The van der Waals surface area contributed by atoms with Gasteiger partial charge >= 0.3 is 0 Å². The maximum Gasteiger partial charge on any atom is 0.243 e. The lowest BCUT2D eigenvalue weighted by molar-refractivity contribution is -0.121. The molecule has 1 saturated heterocycles. The Balaban J connectivity index is 1.40. The third kappa shape index (κ3) is 4.68. The van der Waals surface area contributed by atoms with Crippen LogP contribution in [0.5, 0.6) is 0 Å². The van der Waals surface area contributed by atoms with Gasteiger partial charge in [-0.3, -0.25) is 4.79 Å². The van der Waals surface area contributed by atoms with Gasteiger partial charge in [0, 0.05) is 23.7 Å². The molecule has 5 nitrogen and oxygen atoms in total. The van der Waals surface area contributed by atoms with Gasteiger partial charge in [0.25, 0.3) is 0 Å². The lowest BCUT2D eigenvalue weighted by Crippen LogP contribution is -2.35.